The van der Waals surface area contributed by atoms with E-state index in [4.69, 9.17) is 4.74 Å². The van der Waals surface area contributed by atoms with Crippen LogP contribution in [0.1, 0.15) is 12.6 Å². The van der Waals surface area contributed by atoms with E-state index >= 15 is 0 Å². The molecular weight excluding hydrogens is 224 g/mol. The van der Waals surface area contributed by atoms with Gasteiger partial charge in [-0.05, 0) is 26.1 Å². The Morgan fingerprint density at radius 2 is 2.00 bits per heavy atom. The van der Waals surface area contributed by atoms with Gasteiger partial charge in [0.25, 0.3) is 0 Å². The van der Waals surface area contributed by atoms with Crippen LogP contribution in [0.15, 0.2) is 36.4 Å². The van der Waals surface area contributed by atoms with Gasteiger partial charge in [-0.2, -0.15) is 0 Å². The first kappa shape index (κ1) is 13.0. The number of nitrogens with one attached hydrogen (secondary N) is 1. The van der Waals surface area contributed by atoms with E-state index in [9.17, 15) is 0 Å². The summed E-state index contributed by atoms with van der Waals surface area (Å²) in [7, 11) is 3.70. The van der Waals surface area contributed by atoms with Crippen molar-refractivity contribution in [3.05, 3.63) is 42.1 Å². The fourth-order valence-corrected chi connectivity index (χ4v) is 2.11. The van der Waals surface area contributed by atoms with Gasteiger partial charge in [-0.3, -0.25) is 4.98 Å². The molecule has 0 amide bonds. The van der Waals surface area contributed by atoms with E-state index in [2.05, 4.69) is 35.4 Å². The molecule has 1 heterocycles. The highest BCUT2D eigenvalue weighted by atomic mass is 16.5. The normalized spacial score (nSPS) is 14.6. The van der Waals surface area contributed by atoms with Gasteiger partial charge in [0.05, 0.1) is 11.6 Å². The molecule has 2 aromatic rings. The topological polar surface area (TPSA) is 34.2 Å². The molecule has 3 nitrogen and oxygen atoms in total. The van der Waals surface area contributed by atoms with Gasteiger partial charge in [0.2, 0.25) is 0 Å². The molecule has 0 saturated carbocycles. The number of benzene rings is 1. The standard InChI is InChI=1S/C15H20N2O/c1-11(18-3)15(16-2)10-13-9-8-12-6-4-5-7-14(12)17-13/h4-9,11,15-16H,10H2,1-3H3. The molecule has 0 spiro atoms. The Hall–Kier alpha value is -1.45. The monoisotopic (exact) mass is 244 g/mol. The zero-order valence-corrected chi connectivity index (χ0v) is 11.2. The number of methoxy groups -OCH3 is 1. The zero-order valence-electron chi connectivity index (χ0n) is 11.2. The smallest absolute Gasteiger partial charge is 0.0705 e. The number of para-hydroxylation sites is 1. The SMILES string of the molecule is CNC(Cc1ccc2ccccc2n1)C(C)OC. The number of hydrogen-bond donors (Lipinski definition) is 1. The molecular formula is C15H20N2O. The Morgan fingerprint density at radius 1 is 1.22 bits per heavy atom. The number of likely N-dealkylation sites (N-methyl/N-ethyl adjacent to an activating group) is 1. The fraction of sp³-hybridized carbons (Fsp3) is 0.400. The van der Waals surface area contributed by atoms with Crippen molar-refractivity contribution in [1.82, 2.24) is 10.3 Å². The first-order valence-corrected chi connectivity index (χ1v) is 6.29. The summed E-state index contributed by atoms with van der Waals surface area (Å²) in [6, 6.07) is 12.7. The van der Waals surface area contributed by atoms with Crippen LogP contribution >= 0.6 is 0 Å². The molecule has 1 N–H and O–H groups in total. The van der Waals surface area contributed by atoms with Crippen LogP contribution in [-0.4, -0.2) is 31.3 Å². The van der Waals surface area contributed by atoms with E-state index in [1.807, 2.05) is 25.2 Å². The first-order chi connectivity index (χ1) is 8.74. The predicted molar refractivity (Wildman–Crippen MR) is 74.8 cm³/mol. The van der Waals surface area contributed by atoms with Gasteiger partial charge in [0.15, 0.2) is 0 Å². The second kappa shape index (κ2) is 5.94. The van der Waals surface area contributed by atoms with Crippen LogP contribution < -0.4 is 5.32 Å². The van der Waals surface area contributed by atoms with E-state index < -0.39 is 0 Å². The summed E-state index contributed by atoms with van der Waals surface area (Å²) >= 11 is 0. The third-order valence-corrected chi connectivity index (χ3v) is 3.39. The zero-order chi connectivity index (χ0) is 13.0. The van der Waals surface area contributed by atoms with Crippen molar-refractivity contribution in [1.29, 1.82) is 0 Å². The van der Waals surface area contributed by atoms with Crippen molar-refractivity contribution < 1.29 is 4.74 Å². The largest absolute Gasteiger partial charge is 0.380 e. The van der Waals surface area contributed by atoms with Crippen molar-refractivity contribution >= 4 is 10.9 Å². The number of ether oxygens (including phenoxy) is 1. The molecule has 18 heavy (non-hydrogen) atoms. The molecule has 2 rings (SSSR count). The number of fused-ring (bicyclic) bond motifs is 1. The lowest BCUT2D eigenvalue weighted by Crippen LogP contribution is -2.39. The summed E-state index contributed by atoms with van der Waals surface area (Å²) in [6.07, 6.45) is 1.04. The number of hydrogen-bond acceptors (Lipinski definition) is 3. The lowest BCUT2D eigenvalue weighted by Gasteiger charge is -2.22. The summed E-state index contributed by atoms with van der Waals surface area (Å²) in [5.41, 5.74) is 2.15. The van der Waals surface area contributed by atoms with E-state index in [0.717, 1.165) is 17.6 Å². The Morgan fingerprint density at radius 3 is 2.72 bits per heavy atom. The second-order valence-corrected chi connectivity index (χ2v) is 4.54. The van der Waals surface area contributed by atoms with Crippen molar-refractivity contribution in [3.8, 4) is 0 Å². The number of nitrogens with zero attached hydrogens (tertiary/aromatic N) is 1. The molecule has 96 valence electrons. The lowest BCUT2D eigenvalue weighted by molar-refractivity contribution is 0.0854. The van der Waals surface area contributed by atoms with Crippen molar-refractivity contribution in [2.75, 3.05) is 14.2 Å². The van der Waals surface area contributed by atoms with Gasteiger partial charge in [-0.25, -0.2) is 0 Å². The highest BCUT2D eigenvalue weighted by Crippen LogP contribution is 2.13. The van der Waals surface area contributed by atoms with Gasteiger partial charge >= 0.3 is 0 Å². The second-order valence-electron chi connectivity index (χ2n) is 4.54. The summed E-state index contributed by atoms with van der Waals surface area (Å²) in [4.78, 5) is 4.68. The maximum atomic E-state index is 5.37. The summed E-state index contributed by atoms with van der Waals surface area (Å²) < 4.78 is 5.37. The molecule has 0 radical (unpaired) electrons. The van der Waals surface area contributed by atoms with E-state index in [-0.39, 0.29) is 12.1 Å². The molecule has 0 aliphatic rings. The van der Waals surface area contributed by atoms with Gasteiger partial charge in [0.1, 0.15) is 0 Å². The Labute approximate surface area is 108 Å². The first-order valence-electron chi connectivity index (χ1n) is 6.29. The van der Waals surface area contributed by atoms with Crippen LogP contribution in [0.25, 0.3) is 10.9 Å². The Balaban J connectivity index is 2.20. The van der Waals surface area contributed by atoms with Crippen LogP contribution in [0, 0.1) is 0 Å². The maximum Gasteiger partial charge on any atom is 0.0705 e. The van der Waals surface area contributed by atoms with Crippen LogP contribution in [0.2, 0.25) is 0 Å². The molecule has 0 aliphatic carbocycles. The summed E-state index contributed by atoms with van der Waals surface area (Å²) in [6.45, 7) is 2.07. The number of pyridine rings is 1. The average molecular weight is 244 g/mol. The van der Waals surface area contributed by atoms with Gasteiger partial charge in [-0.15, -0.1) is 0 Å². The van der Waals surface area contributed by atoms with Gasteiger partial charge < -0.3 is 10.1 Å². The van der Waals surface area contributed by atoms with E-state index in [1.54, 1.807) is 7.11 Å². The van der Waals surface area contributed by atoms with Crippen molar-refractivity contribution in [3.63, 3.8) is 0 Å². The highest BCUT2D eigenvalue weighted by molar-refractivity contribution is 5.78. The molecule has 0 aliphatic heterocycles. The quantitative estimate of drug-likeness (QED) is 0.877. The predicted octanol–water partition coefficient (Wildman–Crippen LogP) is 2.40. The van der Waals surface area contributed by atoms with Gasteiger partial charge in [-0.1, -0.05) is 24.3 Å². The van der Waals surface area contributed by atoms with Crippen LogP contribution in [0.5, 0.6) is 0 Å². The minimum absolute atomic E-state index is 0.170. The summed E-state index contributed by atoms with van der Waals surface area (Å²) in [5.74, 6) is 0. The van der Waals surface area contributed by atoms with E-state index in [0.29, 0.717) is 0 Å². The summed E-state index contributed by atoms with van der Waals surface area (Å²) in [5, 5.41) is 4.47. The third kappa shape index (κ3) is 2.86. The minimum atomic E-state index is 0.170. The van der Waals surface area contributed by atoms with Crippen LogP contribution in [-0.2, 0) is 11.2 Å². The maximum absolute atomic E-state index is 5.37. The third-order valence-electron chi connectivity index (χ3n) is 3.39. The molecule has 0 bridgehead atoms. The number of rotatable bonds is 5. The average Bonchev–Trinajstić information content (AvgIpc) is 2.43. The molecule has 1 aromatic heterocycles. The number of aromatic nitrogens is 1. The van der Waals surface area contributed by atoms with Crippen molar-refractivity contribution in [2.24, 2.45) is 0 Å². The highest BCUT2D eigenvalue weighted by Gasteiger charge is 2.15. The molecule has 2 atom stereocenters. The molecule has 0 fully saturated rings. The lowest BCUT2D eigenvalue weighted by atomic mass is 10.1. The van der Waals surface area contributed by atoms with Crippen LogP contribution in [0.4, 0.5) is 0 Å². The molecule has 1 aromatic carbocycles. The molecule has 0 saturated heterocycles. The fourth-order valence-electron chi connectivity index (χ4n) is 2.11. The Kier molecular flexibility index (Phi) is 4.28. The Bertz CT molecular complexity index is 513. The van der Waals surface area contributed by atoms with Gasteiger partial charge in [0, 0.05) is 30.7 Å². The molecule has 3 heteroatoms. The minimum Gasteiger partial charge on any atom is -0.380 e. The van der Waals surface area contributed by atoms with E-state index in [1.165, 1.54) is 5.39 Å². The van der Waals surface area contributed by atoms with Crippen molar-refractivity contribution in [2.45, 2.75) is 25.5 Å². The van der Waals surface area contributed by atoms with Crippen LogP contribution in [0.3, 0.4) is 0 Å². The molecule has 2 unspecified atom stereocenters.